The first-order valence-corrected chi connectivity index (χ1v) is 10.7. The van der Waals surface area contributed by atoms with Crippen LogP contribution in [0.25, 0.3) is 0 Å². The second-order valence-electron chi connectivity index (χ2n) is 6.30. The summed E-state index contributed by atoms with van der Waals surface area (Å²) in [7, 11) is -4.67. The van der Waals surface area contributed by atoms with Crippen molar-refractivity contribution in [1.82, 2.24) is 0 Å². The van der Waals surface area contributed by atoms with Crippen LogP contribution < -0.4 is 5.73 Å². The first-order chi connectivity index (χ1) is 11.4. The van der Waals surface area contributed by atoms with Gasteiger partial charge in [-0.1, -0.05) is 83.3 Å². The summed E-state index contributed by atoms with van der Waals surface area (Å²) in [6.07, 6.45) is 15.5. The van der Waals surface area contributed by atoms with E-state index in [0.717, 1.165) is 19.3 Å². The zero-order valence-electron chi connectivity index (χ0n) is 15.0. The van der Waals surface area contributed by atoms with Crippen LogP contribution in [0.4, 0.5) is 0 Å². The fourth-order valence-electron chi connectivity index (χ4n) is 2.49. The Morgan fingerprint density at radius 2 is 1.42 bits per heavy atom. The third kappa shape index (κ3) is 16.6. The molecule has 0 rings (SSSR count). The summed E-state index contributed by atoms with van der Waals surface area (Å²) in [5.41, 5.74) is 5.33. The molecule has 0 radical (unpaired) electrons. The molecule has 144 valence electrons. The summed E-state index contributed by atoms with van der Waals surface area (Å²) in [6.45, 7) is 2.24. The first-order valence-electron chi connectivity index (χ1n) is 9.21. The summed E-state index contributed by atoms with van der Waals surface area (Å²) in [6, 6.07) is 0. The zero-order valence-corrected chi connectivity index (χ0v) is 15.9. The van der Waals surface area contributed by atoms with E-state index in [1.807, 2.05) is 0 Å². The predicted molar refractivity (Wildman–Crippen MR) is 97.3 cm³/mol. The molecule has 0 aliphatic heterocycles. The van der Waals surface area contributed by atoms with Gasteiger partial charge in [0.25, 0.3) is 0 Å². The molecule has 0 unspecified atom stereocenters. The lowest BCUT2D eigenvalue weighted by Gasteiger charge is -2.16. The van der Waals surface area contributed by atoms with Crippen molar-refractivity contribution in [3.63, 3.8) is 0 Å². The highest BCUT2D eigenvalue weighted by Gasteiger charge is 2.23. The molecule has 0 saturated carbocycles. The van der Waals surface area contributed by atoms with Crippen LogP contribution in [-0.4, -0.2) is 27.2 Å². The normalized spacial score (nSPS) is 15.0. The number of aliphatic hydroxyl groups excluding tert-OH is 1. The summed E-state index contributed by atoms with van der Waals surface area (Å²) in [5.74, 6) is 0. The molecule has 5 N–H and O–H groups in total. The molecular formula is C17H36NO5P. The fourth-order valence-corrected chi connectivity index (χ4v) is 2.93. The predicted octanol–water partition coefficient (Wildman–Crippen LogP) is 4.00. The van der Waals surface area contributed by atoms with E-state index in [9.17, 15) is 9.67 Å². The lowest BCUT2D eigenvalue weighted by molar-refractivity contribution is 0.0464. The van der Waals surface area contributed by atoms with Gasteiger partial charge in [0.2, 0.25) is 0 Å². The summed E-state index contributed by atoms with van der Waals surface area (Å²) in [4.78, 5) is 17.2. The molecule has 0 aliphatic carbocycles. The number of hydrogen-bond donors (Lipinski definition) is 4. The fraction of sp³-hybridized carbons (Fsp3) is 0.882. The number of allylic oxidation sites excluding steroid dienone is 1. The van der Waals surface area contributed by atoms with Crippen molar-refractivity contribution in [2.75, 3.05) is 0 Å². The number of phosphoric ester groups is 1. The van der Waals surface area contributed by atoms with Gasteiger partial charge in [-0.25, -0.2) is 4.57 Å². The van der Waals surface area contributed by atoms with E-state index in [2.05, 4.69) is 11.4 Å². The van der Waals surface area contributed by atoms with Gasteiger partial charge in [-0.2, -0.15) is 0 Å². The van der Waals surface area contributed by atoms with Crippen molar-refractivity contribution in [3.8, 4) is 0 Å². The molecule has 0 aromatic carbocycles. The second kappa shape index (κ2) is 15.1. The van der Waals surface area contributed by atoms with Crippen LogP contribution in [0.3, 0.4) is 0 Å². The largest absolute Gasteiger partial charge is 0.471 e. The Balaban J connectivity index is 3.44. The molecule has 0 amide bonds. The Bertz CT molecular complexity index is 359. The number of phosphoric acid groups is 1. The Kier molecular flexibility index (Phi) is 14.9. The molecule has 0 aromatic heterocycles. The Morgan fingerprint density at radius 3 is 1.88 bits per heavy atom. The van der Waals surface area contributed by atoms with Gasteiger partial charge >= 0.3 is 7.82 Å². The highest BCUT2D eigenvalue weighted by molar-refractivity contribution is 7.46. The van der Waals surface area contributed by atoms with Crippen LogP contribution >= 0.6 is 7.82 Å². The molecule has 0 bridgehead atoms. The summed E-state index contributed by atoms with van der Waals surface area (Å²) in [5, 5.41) is 9.58. The van der Waals surface area contributed by atoms with Crippen molar-refractivity contribution in [2.24, 2.45) is 5.73 Å². The standard InChI is InChI=1S/C17H36NO5P/c1-2-3-4-5-6-7-8-9-10-11-12-13-14-15-16(19)17(18)23-24(20,21)22/h14-17,19H,2-13,18H2,1H3,(H2,20,21,22)/b15-14+/t16-,17+/m1/s1. The number of aliphatic hydroxyl groups is 1. The number of unbranched alkanes of at least 4 members (excludes halogenated alkanes) is 11. The minimum absolute atomic E-state index is 0.816. The quantitative estimate of drug-likeness (QED) is 0.142. The molecule has 0 spiro atoms. The van der Waals surface area contributed by atoms with Crippen molar-refractivity contribution < 1.29 is 24.0 Å². The molecule has 0 saturated heterocycles. The van der Waals surface area contributed by atoms with E-state index in [1.165, 1.54) is 63.9 Å². The highest BCUT2D eigenvalue weighted by atomic mass is 31.2. The zero-order chi connectivity index (χ0) is 18.3. The SMILES string of the molecule is CCCCCCCCCCCCC/C=C/[C@@H](O)[C@@H](N)OP(=O)(O)O. The average Bonchev–Trinajstić information content (AvgIpc) is 2.50. The Morgan fingerprint density at radius 1 is 0.958 bits per heavy atom. The van der Waals surface area contributed by atoms with Crippen LogP contribution in [0.2, 0.25) is 0 Å². The Hall–Kier alpha value is -0.230. The van der Waals surface area contributed by atoms with Crippen LogP contribution in [0.5, 0.6) is 0 Å². The maximum absolute atomic E-state index is 10.6. The minimum atomic E-state index is -4.67. The van der Waals surface area contributed by atoms with Crippen molar-refractivity contribution in [2.45, 2.75) is 96.3 Å². The van der Waals surface area contributed by atoms with E-state index in [-0.39, 0.29) is 0 Å². The number of nitrogens with two attached hydrogens (primary N) is 1. The molecule has 0 heterocycles. The van der Waals surface area contributed by atoms with E-state index in [0.29, 0.717) is 0 Å². The highest BCUT2D eigenvalue weighted by Crippen LogP contribution is 2.37. The molecule has 0 aliphatic rings. The van der Waals surface area contributed by atoms with Crippen LogP contribution in [0, 0.1) is 0 Å². The maximum atomic E-state index is 10.6. The lowest BCUT2D eigenvalue weighted by atomic mass is 10.1. The topological polar surface area (TPSA) is 113 Å². The third-order valence-corrected chi connectivity index (χ3v) is 4.42. The van der Waals surface area contributed by atoms with Gasteiger partial charge < -0.3 is 20.6 Å². The van der Waals surface area contributed by atoms with E-state index < -0.39 is 20.2 Å². The molecular weight excluding hydrogens is 329 g/mol. The van der Waals surface area contributed by atoms with E-state index in [4.69, 9.17) is 15.5 Å². The molecule has 24 heavy (non-hydrogen) atoms. The average molecular weight is 365 g/mol. The first kappa shape index (κ1) is 23.8. The smallest absolute Gasteiger partial charge is 0.385 e. The van der Waals surface area contributed by atoms with Crippen LogP contribution in [-0.2, 0) is 9.09 Å². The van der Waals surface area contributed by atoms with Gasteiger partial charge in [-0.3, -0.25) is 4.52 Å². The molecule has 6 nitrogen and oxygen atoms in total. The van der Waals surface area contributed by atoms with Crippen molar-refractivity contribution in [1.29, 1.82) is 0 Å². The second-order valence-corrected chi connectivity index (χ2v) is 7.50. The lowest BCUT2D eigenvalue weighted by Crippen LogP contribution is -2.35. The van der Waals surface area contributed by atoms with Gasteiger partial charge in [0.15, 0.2) is 0 Å². The molecule has 2 atom stereocenters. The maximum Gasteiger partial charge on any atom is 0.471 e. The van der Waals surface area contributed by atoms with Gasteiger partial charge in [0, 0.05) is 0 Å². The minimum Gasteiger partial charge on any atom is -0.385 e. The van der Waals surface area contributed by atoms with Crippen LogP contribution in [0.15, 0.2) is 12.2 Å². The monoisotopic (exact) mass is 365 g/mol. The van der Waals surface area contributed by atoms with Gasteiger partial charge in [-0.05, 0) is 12.8 Å². The summed E-state index contributed by atoms with van der Waals surface area (Å²) >= 11 is 0. The Labute approximate surface area is 146 Å². The van der Waals surface area contributed by atoms with Gasteiger partial charge in [-0.15, -0.1) is 0 Å². The van der Waals surface area contributed by atoms with E-state index >= 15 is 0 Å². The molecule has 0 aromatic rings. The van der Waals surface area contributed by atoms with Crippen molar-refractivity contribution in [3.05, 3.63) is 12.2 Å². The van der Waals surface area contributed by atoms with Gasteiger partial charge in [0.05, 0.1) is 0 Å². The molecule has 7 heteroatoms. The van der Waals surface area contributed by atoms with E-state index in [1.54, 1.807) is 6.08 Å². The number of hydrogen-bond acceptors (Lipinski definition) is 4. The van der Waals surface area contributed by atoms with Crippen molar-refractivity contribution >= 4 is 7.82 Å². The number of rotatable bonds is 16. The third-order valence-electron chi connectivity index (χ3n) is 3.90. The molecule has 0 fully saturated rings. The van der Waals surface area contributed by atoms with Gasteiger partial charge in [0.1, 0.15) is 12.3 Å². The summed E-state index contributed by atoms with van der Waals surface area (Å²) < 4.78 is 14.8. The van der Waals surface area contributed by atoms with Crippen LogP contribution in [0.1, 0.15) is 84.0 Å².